The lowest BCUT2D eigenvalue weighted by Gasteiger charge is -2.06. The van der Waals surface area contributed by atoms with Crippen molar-refractivity contribution >= 4 is 6.34 Å². The zero-order valence-corrected chi connectivity index (χ0v) is 5.18. The highest BCUT2D eigenvalue weighted by Crippen LogP contribution is 1.70. The van der Waals surface area contributed by atoms with E-state index in [9.17, 15) is 0 Å². The van der Waals surface area contributed by atoms with Crippen molar-refractivity contribution < 1.29 is 0 Å². The van der Waals surface area contributed by atoms with E-state index in [4.69, 9.17) is 0 Å². The van der Waals surface area contributed by atoms with Gasteiger partial charge in [-0.05, 0) is 6.92 Å². The van der Waals surface area contributed by atoms with Gasteiger partial charge in [0.05, 0.1) is 6.34 Å². The van der Waals surface area contributed by atoms with E-state index in [0.29, 0.717) is 0 Å². The third-order valence-electron chi connectivity index (χ3n) is 0.811. The quantitative estimate of drug-likeness (QED) is 0.366. The van der Waals surface area contributed by atoms with Gasteiger partial charge >= 0.3 is 0 Å². The molecule has 0 rings (SSSR count). The first-order chi connectivity index (χ1) is 3.31. The van der Waals surface area contributed by atoms with Crippen molar-refractivity contribution in [3.8, 4) is 0 Å². The lowest BCUT2D eigenvalue weighted by Crippen LogP contribution is -2.14. The minimum atomic E-state index is 1.03. The van der Waals surface area contributed by atoms with Crippen molar-refractivity contribution in [1.29, 1.82) is 0 Å². The van der Waals surface area contributed by atoms with Crippen LogP contribution in [0.5, 0.6) is 0 Å². The Kier molecular flexibility index (Phi) is 3.38. The van der Waals surface area contributed by atoms with E-state index in [1.54, 1.807) is 13.4 Å². The highest BCUT2D eigenvalue weighted by Gasteiger charge is 1.77. The predicted molar refractivity (Wildman–Crippen MR) is 32.7 cm³/mol. The molecule has 0 aromatic rings. The summed E-state index contributed by atoms with van der Waals surface area (Å²) in [6, 6.07) is 0. The molecule has 0 bridgehead atoms. The van der Waals surface area contributed by atoms with E-state index in [1.807, 2.05) is 11.9 Å². The Morgan fingerprint density at radius 2 is 2.29 bits per heavy atom. The summed E-state index contributed by atoms with van der Waals surface area (Å²) in [5.41, 5.74) is 0. The molecule has 42 valence electrons. The summed E-state index contributed by atoms with van der Waals surface area (Å²) < 4.78 is 0. The summed E-state index contributed by atoms with van der Waals surface area (Å²) in [5, 5.41) is 0. The minimum Gasteiger partial charge on any atom is -0.366 e. The SMILES string of the molecule is CCN(C)/C=N/C. The third-order valence-corrected chi connectivity index (χ3v) is 0.811. The Morgan fingerprint density at radius 1 is 1.71 bits per heavy atom. The Bertz CT molecular complexity index is 59.1. The van der Waals surface area contributed by atoms with Gasteiger partial charge in [-0.15, -0.1) is 0 Å². The molecule has 0 aliphatic rings. The Hall–Kier alpha value is -0.530. The number of hydrogen-bond donors (Lipinski definition) is 0. The number of rotatable bonds is 2. The third kappa shape index (κ3) is 3.30. The average Bonchev–Trinajstić information content (AvgIpc) is 1.68. The number of aliphatic imine (C=N–C) groups is 1. The van der Waals surface area contributed by atoms with Crippen LogP contribution in [0.15, 0.2) is 4.99 Å². The van der Waals surface area contributed by atoms with Crippen LogP contribution in [0.4, 0.5) is 0 Å². The molecule has 2 nitrogen and oxygen atoms in total. The number of nitrogens with zero attached hydrogens (tertiary/aromatic N) is 2. The summed E-state index contributed by atoms with van der Waals surface area (Å²) in [6.07, 6.45) is 1.81. The van der Waals surface area contributed by atoms with Gasteiger partial charge in [0.2, 0.25) is 0 Å². The molecule has 0 spiro atoms. The second-order valence-electron chi connectivity index (χ2n) is 1.45. The molecule has 0 aromatic heterocycles. The van der Waals surface area contributed by atoms with Gasteiger partial charge in [0.1, 0.15) is 0 Å². The van der Waals surface area contributed by atoms with E-state index < -0.39 is 0 Å². The molecule has 0 aliphatic carbocycles. The molecule has 0 amide bonds. The molecular formula is C5H12N2. The summed E-state index contributed by atoms with van der Waals surface area (Å²) in [4.78, 5) is 5.82. The lowest BCUT2D eigenvalue weighted by atomic mass is 10.7. The van der Waals surface area contributed by atoms with Crippen LogP contribution in [-0.2, 0) is 0 Å². The molecule has 0 unspecified atom stereocenters. The highest BCUT2D eigenvalue weighted by atomic mass is 15.1. The minimum absolute atomic E-state index is 1.03. The molecule has 0 aliphatic heterocycles. The molecule has 0 atom stereocenters. The van der Waals surface area contributed by atoms with Gasteiger partial charge in [-0.2, -0.15) is 0 Å². The van der Waals surface area contributed by atoms with Crippen molar-refractivity contribution in [1.82, 2.24) is 4.90 Å². The van der Waals surface area contributed by atoms with Crippen molar-refractivity contribution in [3.63, 3.8) is 0 Å². The van der Waals surface area contributed by atoms with Crippen LogP contribution in [0.25, 0.3) is 0 Å². The van der Waals surface area contributed by atoms with Gasteiger partial charge in [0.15, 0.2) is 0 Å². The largest absolute Gasteiger partial charge is 0.366 e. The van der Waals surface area contributed by atoms with Gasteiger partial charge in [-0.3, -0.25) is 4.99 Å². The fourth-order valence-electron chi connectivity index (χ4n) is 0.279. The second kappa shape index (κ2) is 3.65. The van der Waals surface area contributed by atoms with Crippen LogP contribution in [0.1, 0.15) is 6.92 Å². The van der Waals surface area contributed by atoms with Gasteiger partial charge in [-0.1, -0.05) is 0 Å². The predicted octanol–water partition coefficient (Wildman–Crippen LogP) is 0.596. The van der Waals surface area contributed by atoms with Gasteiger partial charge < -0.3 is 4.90 Å². The molecule has 7 heavy (non-hydrogen) atoms. The van der Waals surface area contributed by atoms with Crippen molar-refractivity contribution in [2.24, 2.45) is 4.99 Å². The molecule has 0 saturated carbocycles. The molecule has 0 N–H and O–H groups in total. The van der Waals surface area contributed by atoms with Crippen molar-refractivity contribution in [2.75, 3.05) is 20.6 Å². The Balaban J connectivity index is 3.16. The molecule has 0 aromatic carbocycles. The van der Waals surface area contributed by atoms with Gasteiger partial charge in [-0.25, -0.2) is 0 Å². The van der Waals surface area contributed by atoms with Crippen LogP contribution in [0.3, 0.4) is 0 Å². The molecule has 0 fully saturated rings. The van der Waals surface area contributed by atoms with Crippen LogP contribution in [0, 0.1) is 0 Å². The summed E-state index contributed by atoms with van der Waals surface area (Å²) in [6.45, 7) is 3.11. The molecule has 0 radical (unpaired) electrons. The van der Waals surface area contributed by atoms with Crippen LogP contribution >= 0.6 is 0 Å². The topological polar surface area (TPSA) is 15.6 Å². The van der Waals surface area contributed by atoms with Crippen molar-refractivity contribution in [3.05, 3.63) is 0 Å². The van der Waals surface area contributed by atoms with Gasteiger partial charge in [0.25, 0.3) is 0 Å². The van der Waals surface area contributed by atoms with E-state index in [-0.39, 0.29) is 0 Å². The fourth-order valence-corrected chi connectivity index (χ4v) is 0.279. The summed E-state index contributed by atoms with van der Waals surface area (Å²) in [5.74, 6) is 0. The Labute approximate surface area is 44.9 Å². The summed E-state index contributed by atoms with van der Waals surface area (Å²) in [7, 11) is 3.76. The van der Waals surface area contributed by atoms with Crippen LogP contribution < -0.4 is 0 Å². The average molecular weight is 100 g/mol. The van der Waals surface area contributed by atoms with E-state index in [1.165, 1.54) is 0 Å². The standard InChI is InChI=1S/C5H12N2/c1-4-7(3)5-6-2/h5H,4H2,1-3H3/b6-5+. The zero-order valence-electron chi connectivity index (χ0n) is 5.18. The highest BCUT2D eigenvalue weighted by molar-refractivity contribution is 5.53. The Morgan fingerprint density at radius 3 is 2.43 bits per heavy atom. The maximum Gasteiger partial charge on any atom is 0.0843 e. The van der Waals surface area contributed by atoms with E-state index >= 15 is 0 Å². The first-order valence-electron chi connectivity index (χ1n) is 2.43. The van der Waals surface area contributed by atoms with E-state index in [0.717, 1.165) is 6.54 Å². The lowest BCUT2D eigenvalue weighted by molar-refractivity contribution is 0.551. The summed E-state index contributed by atoms with van der Waals surface area (Å²) >= 11 is 0. The molecular weight excluding hydrogens is 88.1 g/mol. The second-order valence-corrected chi connectivity index (χ2v) is 1.45. The zero-order chi connectivity index (χ0) is 5.70. The van der Waals surface area contributed by atoms with Crippen LogP contribution in [-0.4, -0.2) is 31.9 Å². The van der Waals surface area contributed by atoms with Crippen LogP contribution in [0.2, 0.25) is 0 Å². The first kappa shape index (κ1) is 6.47. The molecule has 2 heteroatoms. The van der Waals surface area contributed by atoms with E-state index in [2.05, 4.69) is 11.9 Å². The normalized spacial score (nSPS) is 10.1. The maximum atomic E-state index is 3.81. The number of hydrogen-bond acceptors (Lipinski definition) is 1. The maximum absolute atomic E-state index is 3.81. The smallest absolute Gasteiger partial charge is 0.0843 e. The molecule has 0 saturated heterocycles. The first-order valence-corrected chi connectivity index (χ1v) is 2.43. The fraction of sp³-hybridized carbons (Fsp3) is 0.800. The monoisotopic (exact) mass is 100 g/mol. The molecule has 0 heterocycles. The van der Waals surface area contributed by atoms with Gasteiger partial charge in [0, 0.05) is 20.6 Å². The van der Waals surface area contributed by atoms with Crippen molar-refractivity contribution in [2.45, 2.75) is 6.92 Å².